The van der Waals surface area contributed by atoms with Gasteiger partial charge in [-0.05, 0) is 5.92 Å². The lowest BCUT2D eigenvalue weighted by Gasteiger charge is -2.14. The number of hydrogen-bond donors (Lipinski definition) is 0. The lowest BCUT2D eigenvalue weighted by atomic mass is 9.92. The van der Waals surface area contributed by atoms with E-state index in [4.69, 9.17) is 0 Å². The van der Waals surface area contributed by atoms with Crippen LogP contribution in [0.25, 0.3) is 0 Å². The van der Waals surface area contributed by atoms with E-state index in [1.54, 1.807) is 0 Å². The second kappa shape index (κ2) is 13.1. The zero-order valence-electron chi connectivity index (χ0n) is 12.1. The van der Waals surface area contributed by atoms with Crippen LogP contribution in [-0.2, 0) is 0 Å². The Morgan fingerprint density at radius 2 is 1.00 bits per heavy atom. The molecule has 0 aromatic rings. The fraction of sp³-hybridized carbons (Fsp3) is 1.00. The molecule has 0 heteroatoms. The summed E-state index contributed by atoms with van der Waals surface area (Å²) in [6.45, 7) is 6.96. The summed E-state index contributed by atoms with van der Waals surface area (Å²) in [4.78, 5) is 0. The van der Waals surface area contributed by atoms with Crippen molar-refractivity contribution in [3.05, 3.63) is 0 Å². The molecule has 0 N–H and O–H groups in total. The van der Waals surface area contributed by atoms with Crippen LogP contribution in [-0.4, -0.2) is 0 Å². The maximum atomic E-state index is 2.37. The molecule has 16 heavy (non-hydrogen) atoms. The van der Waals surface area contributed by atoms with Crippen LogP contribution in [0.2, 0.25) is 0 Å². The minimum atomic E-state index is 1.03. The van der Waals surface area contributed by atoms with E-state index in [9.17, 15) is 0 Å². The van der Waals surface area contributed by atoms with Crippen LogP contribution in [0.4, 0.5) is 0 Å². The third-order valence-electron chi connectivity index (χ3n) is 3.76. The quantitative estimate of drug-likeness (QED) is 0.340. The third kappa shape index (κ3) is 10.5. The van der Waals surface area contributed by atoms with Gasteiger partial charge in [0.2, 0.25) is 0 Å². The summed E-state index contributed by atoms with van der Waals surface area (Å²) in [5.74, 6) is 1.03. The molecular weight excluding hydrogens is 192 g/mol. The molecule has 0 nitrogen and oxygen atoms in total. The van der Waals surface area contributed by atoms with E-state index in [1.807, 2.05) is 0 Å². The highest BCUT2D eigenvalue weighted by Gasteiger charge is 2.05. The van der Waals surface area contributed by atoms with Gasteiger partial charge in [0, 0.05) is 0 Å². The van der Waals surface area contributed by atoms with Gasteiger partial charge in [-0.15, -0.1) is 0 Å². The molecule has 0 saturated carbocycles. The van der Waals surface area contributed by atoms with E-state index >= 15 is 0 Å². The molecule has 98 valence electrons. The summed E-state index contributed by atoms with van der Waals surface area (Å²) in [6, 6.07) is 0. The summed E-state index contributed by atoms with van der Waals surface area (Å²) in [5.41, 5.74) is 0. The smallest absolute Gasteiger partial charge is 0.0417 e. The van der Waals surface area contributed by atoms with Gasteiger partial charge in [0.05, 0.1) is 0 Å². The van der Waals surface area contributed by atoms with Crippen molar-refractivity contribution in [3.8, 4) is 0 Å². The number of rotatable bonds is 12. The van der Waals surface area contributed by atoms with Gasteiger partial charge in [0.1, 0.15) is 0 Å². The van der Waals surface area contributed by atoms with Crippen molar-refractivity contribution >= 4 is 0 Å². The largest absolute Gasteiger partial charge is 0.0654 e. The molecule has 0 radical (unpaired) electrons. The van der Waals surface area contributed by atoms with Gasteiger partial charge in [0.15, 0.2) is 0 Å². The summed E-state index contributed by atoms with van der Waals surface area (Å²) in [6.07, 6.45) is 17.3. The van der Waals surface area contributed by atoms with E-state index in [-0.39, 0.29) is 0 Å². The van der Waals surface area contributed by atoms with Crippen molar-refractivity contribution in [2.75, 3.05) is 0 Å². The minimum absolute atomic E-state index is 1.03. The molecule has 1 unspecified atom stereocenters. The molecule has 0 aromatic heterocycles. The Hall–Kier alpha value is 0. The summed E-state index contributed by atoms with van der Waals surface area (Å²) >= 11 is 0. The molecule has 0 aromatic carbocycles. The van der Waals surface area contributed by atoms with E-state index in [1.165, 1.54) is 77.0 Å². The van der Waals surface area contributed by atoms with Gasteiger partial charge >= 0.3 is 0 Å². The molecule has 0 aliphatic carbocycles. The lowest BCUT2D eigenvalue weighted by molar-refractivity contribution is 0.394. The van der Waals surface area contributed by atoms with Crippen LogP contribution in [0, 0.1) is 5.92 Å². The monoisotopic (exact) mass is 226 g/mol. The molecular formula is C16H34. The second-order valence-corrected chi connectivity index (χ2v) is 5.33. The Morgan fingerprint density at radius 3 is 1.44 bits per heavy atom. The second-order valence-electron chi connectivity index (χ2n) is 5.33. The fourth-order valence-corrected chi connectivity index (χ4v) is 2.45. The van der Waals surface area contributed by atoms with Crippen molar-refractivity contribution in [3.63, 3.8) is 0 Å². The van der Waals surface area contributed by atoms with Crippen molar-refractivity contribution in [1.29, 1.82) is 0 Å². The number of unbranched alkanes of at least 4 members (excludes halogenated alkanes) is 7. The first kappa shape index (κ1) is 16.0. The standard InChI is InChI=1S/C16H34/c1-4-7-9-11-13-15-16(6-3)14-12-10-8-5-2/h16H,4-15H2,1-3H3. The summed E-state index contributed by atoms with van der Waals surface area (Å²) in [7, 11) is 0. The van der Waals surface area contributed by atoms with Crippen molar-refractivity contribution in [2.45, 2.75) is 97.8 Å². The molecule has 1 atom stereocenters. The van der Waals surface area contributed by atoms with Crippen molar-refractivity contribution in [2.24, 2.45) is 5.92 Å². The van der Waals surface area contributed by atoms with Crippen molar-refractivity contribution in [1.82, 2.24) is 0 Å². The molecule has 0 amide bonds. The Balaban J connectivity index is 3.29. The van der Waals surface area contributed by atoms with E-state index < -0.39 is 0 Å². The van der Waals surface area contributed by atoms with Crippen molar-refractivity contribution < 1.29 is 0 Å². The normalized spacial score (nSPS) is 12.9. The highest BCUT2D eigenvalue weighted by atomic mass is 14.1. The highest BCUT2D eigenvalue weighted by molar-refractivity contribution is 4.58. The van der Waals surface area contributed by atoms with Crippen LogP contribution in [0.3, 0.4) is 0 Å². The first-order chi connectivity index (χ1) is 7.85. The lowest BCUT2D eigenvalue weighted by Crippen LogP contribution is -1.99. The Morgan fingerprint density at radius 1 is 0.562 bits per heavy atom. The first-order valence-corrected chi connectivity index (χ1v) is 7.85. The van der Waals surface area contributed by atoms with Gasteiger partial charge in [-0.25, -0.2) is 0 Å². The van der Waals surface area contributed by atoms with Crippen LogP contribution in [0.5, 0.6) is 0 Å². The fourth-order valence-electron chi connectivity index (χ4n) is 2.45. The predicted octanol–water partition coefficient (Wildman–Crippen LogP) is 6.34. The minimum Gasteiger partial charge on any atom is -0.0654 e. The van der Waals surface area contributed by atoms with Gasteiger partial charge < -0.3 is 0 Å². The van der Waals surface area contributed by atoms with Gasteiger partial charge in [0.25, 0.3) is 0 Å². The molecule has 0 aliphatic heterocycles. The Bertz CT molecular complexity index is 117. The predicted molar refractivity (Wildman–Crippen MR) is 75.9 cm³/mol. The Kier molecular flexibility index (Phi) is 13.1. The Labute approximate surface area is 104 Å². The van der Waals surface area contributed by atoms with E-state index in [0.29, 0.717) is 0 Å². The van der Waals surface area contributed by atoms with Crippen LogP contribution < -0.4 is 0 Å². The van der Waals surface area contributed by atoms with Crippen LogP contribution >= 0.6 is 0 Å². The molecule has 0 rings (SSSR count). The molecule has 0 fully saturated rings. The topological polar surface area (TPSA) is 0 Å². The summed E-state index contributed by atoms with van der Waals surface area (Å²) in [5, 5.41) is 0. The van der Waals surface area contributed by atoms with Gasteiger partial charge in [-0.1, -0.05) is 97.8 Å². The van der Waals surface area contributed by atoms with E-state index in [0.717, 1.165) is 5.92 Å². The molecule has 0 bridgehead atoms. The molecule has 0 spiro atoms. The maximum Gasteiger partial charge on any atom is -0.0417 e. The molecule has 0 saturated heterocycles. The van der Waals surface area contributed by atoms with Crippen LogP contribution in [0.15, 0.2) is 0 Å². The SMILES string of the molecule is CCCCCCCC(CC)CCCCCC. The van der Waals surface area contributed by atoms with Gasteiger partial charge in [-0.3, -0.25) is 0 Å². The van der Waals surface area contributed by atoms with Crippen LogP contribution in [0.1, 0.15) is 97.8 Å². The average molecular weight is 226 g/mol. The number of hydrogen-bond acceptors (Lipinski definition) is 0. The van der Waals surface area contributed by atoms with Gasteiger partial charge in [-0.2, -0.15) is 0 Å². The van der Waals surface area contributed by atoms with E-state index in [2.05, 4.69) is 20.8 Å². The zero-order chi connectivity index (χ0) is 12.1. The third-order valence-corrected chi connectivity index (χ3v) is 3.76. The molecule has 0 heterocycles. The first-order valence-electron chi connectivity index (χ1n) is 7.85. The summed E-state index contributed by atoms with van der Waals surface area (Å²) < 4.78 is 0. The zero-order valence-corrected chi connectivity index (χ0v) is 12.1. The average Bonchev–Trinajstić information content (AvgIpc) is 2.31. The maximum absolute atomic E-state index is 2.37. The molecule has 0 aliphatic rings. The highest BCUT2D eigenvalue weighted by Crippen LogP contribution is 2.21.